The molecule has 0 radical (unpaired) electrons. The van der Waals surface area contributed by atoms with Gasteiger partial charge in [0.25, 0.3) is 5.91 Å². The molecule has 0 aromatic heterocycles. The highest BCUT2D eigenvalue weighted by Crippen LogP contribution is 2.33. The first-order valence-electron chi connectivity index (χ1n) is 9.37. The fourth-order valence-corrected chi connectivity index (χ4v) is 4.65. The van der Waals surface area contributed by atoms with Crippen LogP contribution in [0.2, 0.25) is 0 Å². The van der Waals surface area contributed by atoms with Gasteiger partial charge in [-0.2, -0.15) is 0 Å². The molecule has 1 amide bonds. The second-order valence-electron chi connectivity index (χ2n) is 6.82. The van der Waals surface area contributed by atoms with E-state index in [1.807, 2.05) is 18.2 Å². The van der Waals surface area contributed by atoms with E-state index in [1.54, 1.807) is 0 Å². The van der Waals surface area contributed by atoms with Gasteiger partial charge in [-0.1, -0.05) is 55.4 Å². The van der Waals surface area contributed by atoms with E-state index in [4.69, 9.17) is 17.3 Å². The summed E-state index contributed by atoms with van der Waals surface area (Å²) in [6.07, 6.45) is 8.15. The summed E-state index contributed by atoms with van der Waals surface area (Å²) in [7, 11) is 0. The molecule has 0 bridgehead atoms. The van der Waals surface area contributed by atoms with E-state index >= 15 is 0 Å². The van der Waals surface area contributed by atoms with Crippen LogP contribution in [-0.2, 0) is 9.59 Å². The largest absolute Gasteiger partial charge is 0.481 e. The molecule has 2 saturated heterocycles. The topological polar surface area (TPSA) is 60.9 Å². The third kappa shape index (κ3) is 5.32. The van der Waals surface area contributed by atoms with E-state index in [-0.39, 0.29) is 18.9 Å². The van der Waals surface area contributed by atoms with Gasteiger partial charge < -0.3 is 10.0 Å². The van der Waals surface area contributed by atoms with Crippen LogP contribution < -0.4 is 4.90 Å². The van der Waals surface area contributed by atoms with E-state index in [0.29, 0.717) is 9.23 Å². The highest BCUT2D eigenvalue weighted by molar-refractivity contribution is 8.26. The van der Waals surface area contributed by atoms with Gasteiger partial charge in [-0.25, -0.2) is 0 Å². The number of amides is 1. The third-order valence-electron chi connectivity index (χ3n) is 4.83. The summed E-state index contributed by atoms with van der Waals surface area (Å²) in [6.45, 7) is 2.31. The quantitative estimate of drug-likeness (QED) is 0.588. The monoisotopic (exact) mass is 404 g/mol. The van der Waals surface area contributed by atoms with Gasteiger partial charge in [-0.15, -0.1) is 0 Å². The predicted octanol–water partition coefficient (Wildman–Crippen LogP) is 4.13. The Bertz CT molecular complexity index is 738. The van der Waals surface area contributed by atoms with Gasteiger partial charge in [0.15, 0.2) is 0 Å². The Kier molecular flexibility index (Phi) is 6.90. The minimum absolute atomic E-state index is 0.107. The van der Waals surface area contributed by atoms with Crippen molar-refractivity contribution in [3.05, 3.63) is 34.7 Å². The second kappa shape index (κ2) is 9.37. The molecule has 5 nitrogen and oxygen atoms in total. The smallest absolute Gasteiger partial charge is 0.305 e. The summed E-state index contributed by atoms with van der Waals surface area (Å²) < 4.78 is 0.421. The summed E-state index contributed by atoms with van der Waals surface area (Å²) in [4.78, 5) is 27.6. The standard InChI is InChI=1S/C20H24N2O3S2/c23-18(24)10-13-22-19(25)17(27-20(22)26)14-15-6-8-16(9-7-15)21-11-4-2-1-3-5-12-21/h6-9,14H,1-5,10-13H2,(H,23,24). The highest BCUT2D eigenvalue weighted by Gasteiger charge is 2.32. The number of nitrogens with zero attached hydrogens (tertiary/aromatic N) is 2. The Labute approximate surface area is 169 Å². The van der Waals surface area contributed by atoms with Crippen molar-refractivity contribution in [3.63, 3.8) is 0 Å². The molecule has 2 aliphatic heterocycles. The number of hydrogen-bond acceptors (Lipinski definition) is 5. The Hall–Kier alpha value is -1.86. The lowest BCUT2D eigenvalue weighted by Crippen LogP contribution is -2.30. The zero-order chi connectivity index (χ0) is 19.2. The summed E-state index contributed by atoms with van der Waals surface area (Å²) in [5, 5.41) is 8.81. The van der Waals surface area contributed by atoms with Crippen LogP contribution in [0.15, 0.2) is 29.2 Å². The van der Waals surface area contributed by atoms with Gasteiger partial charge in [0.1, 0.15) is 4.32 Å². The molecule has 0 saturated carbocycles. The molecule has 7 heteroatoms. The Balaban J connectivity index is 1.67. The van der Waals surface area contributed by atoms with Gasteiger partial charge >= 0.3 is 5.97 Å². The number of thioether (sulfide) groups is 1. The number of carboxylic acid groups (broad SMARTS) is 1. The minimum atomic E-state index is -0.937. The Morgan fingerprint density at radius 1 is 1.11 bits per heavy atom. The van der Waals surface area contributed by atoms with E-state index in [0.717, 1.165) is 18.7 Å². The summed E-state index contributed by atoms with van der Waals surface area (Å²) in [5.74, 6) is -1.15. The van der Waals surface area contributed by atoms with Crippen LogP contribution >= 0.6 is 24.0 Å². The van der Waals surface area contributed by atoms with Gasteiger partial charge in [-0.05, 0) is 36.6 Å². The number of rotatable bonds is 5. The van der Waals surface area contributed by atoms with Crippen molar-refractivity contribution in [2.45, 2.75) is 38.5 Å². The van der Waals surface area contributed by atoms with Crippen LogP contribution in [0.4, 0.5) is 5.69 Å². The fourth-order valence-electron chi connectivity index (χ4n) is 3.34. The van der Waals surface area contributed by atoms with Crippen LogP contribution in [0.3, 0.4) is 0 Å². The summed E-state index contributed by atoms with van der Waals surface area (Å²) >= 11 is 6.45. The maximum atomic E-state index is 12.5. The number of carboxylic acids is 1. The molecule has 2 heterocycles. The molecule has 1 N–H and O–H groups in total. The summed E-state index contributed by atoms with van der Waals surface area (Å²) in [5.41, 5.74) is 2.17. The number of thiocarbonyl (C=S) groups is 1. The second-order valence-corrected chi connectivity index (χ2v) is 8.50. The van der Waals surface area contributed by atoms with Crippen molar-refractivity contribution in [1.82, 2.24) is 4.90 Å². The van der Waals surface area contributed by atoms with E-state index in [2.05, 4.69) is 17.0 Å². The molecular formula is C20H24N2O3S2. The third-order valence-corrected chi connectivity index (χ3v) is 6.21. The lowest BCUT2D eigenvalue weighted by molar-refractivity contribution is -0.137. The van der Waals surface area contributed by atoms with Crippen LogP contribution in [0, 0.1) is 0 Å². The molecule has 1 aromatic carbocycles. The van der Waals surface area contributed by atoms with Crippen molar-refractivity contribution < 1.29 is 14.7 Å². The Morgan fingerprint density at radius 2 is 1.74 bits per heavy atom. The molecule has 1 aromatic rings. The zero-order valence-corrected chi connectivity index (χ0v) is 16.9. The first-order chi connectivity index (χ1) is 13.0. The van der Waals surface area contributed by atoms with E-state index in [1.165, 1.54) is 54.5 Å². The van der Waals surface area contributed by atoms with Crippen molar-refractivity contribution >= 4 is 51.9 Å². The molecule has 144 valence electrons. The van der Waals surface area contributed by atoms with E-state index < -0.39 is 5.97 Å². The maximum absolute atomic E-state index is 12.5. The average molecular weight is 405 g/mol. The highest BCUT2D eigenvalue weighted by atomic mass is 32.2. The lowest BCUT2D eigenvalue weighted by atomic mass is 10.1. The lowest BCUT2D eigenvalue weighted by Gasteiger charge is -2.27. The molecule has 3 rings (SSSR count). The number of anilines is 1. The SMILES string of the molecule is O=C(O)CCN1C(=O)C(=Cc2ccc(N3CCCCCCC3)cc2)SC1=S. The normalized spacial score (nSPS) is 20.1. The summed E-state index contributed by atoms with van der Waals surface area (Å²) in [6, 6.07) is 8.27. The molecule has 27 heavy (non-hydrogen) atoms. The van der Waals surface area contributed by atoms with Gasteiger partial charge in [0, 0.05) is 25.3 Å². The van der Waals surface area contributed by atoms with Crippen LogP contribution in [0.1, 0.15) is 44.1 Å². The van der Waals surface area contributed by atoms with Crippen molar-refractivity contribution in [3.8, 4) is 0 Å². The number of carbonyl (C=O) groups is 2. The van der Waals surface area contributed by atoms with Crippen molar-refractivity contribution in [2.24, 2.45) is 0 Å². The fraction of sp³-hybridized carbons (Fsp3) is 0.450. The van der Waals surface area contributed by atoms with Crippen molar-refractivity contribution in [2.75, 3.05) is 24.5 Å². The molecule has 0 spiro atoms. The van der Waals surface area contributed by atoms with Crippen molar-refractivity contribution in [1.29, 1.82) is 0 Å². The van der Waals surface area contributed by atoms with Gasteiger partial charge in [0.2, 0.25) is 0 Å². The number of hydrogen-bond donors (Lipinski definition) is 1. The number of carbonyl (C=O) groups excluding carboxylic acids is 1. The first kappa shape index (κ1) is 19.9. The Morgan fingerprint density at radius 3 is 2.37 bits per heavy atom. The minimum Gasteiger partial charge on any atom is -0.481 e. The van der Waals surface area contributed by atoms with Crippen LogP contribution in [-0.4, -0.2) is 45.8 Å². The molecular weight excluding hydrogens is 380 g/mol. The molecule has 2 aliphatic rings. The van der Waals surface area contributed by atoms with Crippen LogP contribution in [0.5, 0.6) is 0 Å². The molecule has 2 fully saturated rings. The van der Waals surface area contributed by atoms with Crippen LogP contribution in [0.25, 0.3) is 6.08 Å². The predicted molar refractivity (Wildman–Crippen MR) is 114 cm³/mol. The molecule has 0 aliphatic carbocycles. The molecule has 0 atom stereocenters. The van der Waals surface area contributed by atoms with Gasteiger partial charge in [0.05, 0.1) is 11.3 Å². The van der Waals surface area contributed by atoms with E-state index in [9.17, 15) is 9.59 Å². The maximum Gasteiger partial charge on any atom is 0.305 e. The number of benzene rings is 1. The first-order valence-corrected chi connectivity index (χ1v) is 10.6. The zero-order valence-electron chi connectivity index (χ0n) is 15.2. The van der Waals surface area contributed by atoms with Gasteiger partial charge in [-0.3, -0.25) is 14.5 Å². The molecule has 0 unspecified atom stereocenters. The number of aliphatic carboxylic acids is 1. The average Bonchev–Trinajstić information content (AvgIpc) is 2.87.